The first-order valence-electron chi connectivity index (χ1n) is 7.45. The van der Waals surface area contributed by atoms with Crippen molar-refractivity contribution < 1.29 is 0 Å². The van der Waals surface area contributed by atoms with Crippen LogP contribution < -0.4 is 5.73 Å². The number of hydrogen-bond acceptors (Lipinski definition) is 2. The van der Waals surface area contributed by atoms with Crippen molar-refractivity contribution in [3.8, 4) is 0 Å². The fraction of sp³-hybridized carbons (Fsp3) is 0.800. The summed E-state index contributed by atoms with van der Waals surface area (Å²) >= 11 is 0. The van der Waals surface area contributed by atoms with Crippen LogP contribution in [0.25, 0.3) is 0 Å². The van der Waals surface area contributed by atoms with E-state index in [4.69, 9.17) is 5.73 Å². The van der Waals surface area contributed by atoms with Gasteiger partial charge in [0.15, 0.2) is 0 Å². The molecule has 1 saturated carbocycles. The molecule has 1 aromatic heterocycles. The maximum atomic E-state index is 6.35. The minimum atomic E-state index is 0.137. The molecule has 18 heavy (non-hydrogen) atoms. The van der Waals surface area contributed by atoms with Crippen molar-refractivity contribution >= 4 is 0 Å². The molecule has 0 radical (unpaired) electrons. The molecule has 0 spiro atoms. The van der Waals surface area contributed by atoms with E-state index in [0.717, 1.165) is 11.6 Å². The highest BCUT2D eigenvalue weighted by Crippen LogP contribution is 2.37. The van der Waals surface area contributed by atoms with Gasteiger partial charge in [-0.05, 0) is 30.7 Å². The highest BCUT2D eigenvalue weighted by atomic mass is 15.3. The summed E-state index contributed by atoms with van der Waals surface area (Å²) in [5, 5.41) is 4.45. The van der Waals surface area contributed by atoms with Crippen LogP contribution in [-0.4, -0.2) is 9.78 Å². The monoisotopic (exact) mass is 249 g/mol. The Morgan fingerprint density at radius 2 is 2.11 bits per heavy atom. The second-order valence-corrected chi connectivity index (χ2v) is 5.86. The zero-order chi connectivity index (χ0) is 13.0. The quantitative estimate of drug-likeness (QED) is 0.869. The summed E-state index contributed by atoms with van der Waals surface area (Å²) in [6.45, 7) is 2.28. The van der Waals surface area contributed by atoms with E-state index in [1.54, 1.807) is 0 Å². The normalized spacial score (nSPS) is 26.2. The molecule has 0 amide bonds. The van der Waals surface area contributed by atoms with Crippen LogP contribution in [0.4, 0.5) is 0 Å². The number of nitrogens with zero attached hydrogens (tertiary/aromatic N) is 2. The molecule has 1 atom stereocenters. The van der Waals surface area contributed by atoms with Gasteiger partial charge in [0.1, 0.15) is 0 Å². The average Bonchev–Trinajstić information content (AvgIpc) is 2.83. The summed E-state index contributed by atoms with van der Waals surface area (Å²) in [5.74, 6) is 1.59. The van der Waals surface area contributed by atoms with Crippen LogP contribution in [0, 0.1) is 11.8 Å². The van der Waals surface area contributed by atoms with E-state index in [0.29, 0.717) is 5.92 Å². The third-order valence-corrected chi connectivity index (χ3v) is 4.44. The second kappa shape index (κ2) is 6.37. The Kier molecular flexibility index (Phi) is 4.81. The predicted octanol–water partition coefficient (Wildman–Crippen LogP) is 3.42. The van der Waals surface area contributed by atoms with Gasteiger partial charge in [-0.25, -0.2) is 0 Å². The zero-order valence-corrected chi connectivity index (χ0v) is 11.8. The Hall–Kier alpha value is -0.830. The third kappa shape index (κ3) is 3.35. The zero-order valence-electron chi connectivity index (χ0n) is 11.8. The molecule has 2 rings (SSSR count). The van der Waals surface area contributed by atoms with Gasteiger partial charge in [0.25, 0.3) is 0 Å². The molecule has 0 bridgehead atoms. The van der Waals surface area contributed by atoms with Crippen LogP contribution in [0.3, 0.4) is 0 Å². The molecule has 3 nitrogen and oxygen atoms in total. The van der Waals surface area contributed by atoms with E-state index in [-0.39, 0.29) is 6.04 Å². The number of unbranched alkanes of at least 4 members (excludes halogenated alkanes) is 1. The van der Waals surface area contributed by atoms with E-state index in [1.165, 1.54) is 44.9 Å². The SMILES string of the molecule is CCCCC1CCC(C(N)c2ccn(C)n2)CC1. The minimum absolute atomic E-state index is 0.137. The van der Waals surface area contributed by atoms with E-state index in [2.05, 4.69) is 18.1 Å². The molecule has 1 unspecified atom stereocenters. The van der Waals surface area contributed by atoms with Crippen molar-refractivity contribution in [2.24, 2.45) is 24.6 Å². The molecule has 3 heteroatoms. The maximum absolute atomic E-state index is 6.35. The lowest BCUT2D eigenvalue weighted by molar-refractivity contribution is 0.230. The summed E-state index contributed by atoms with van der Waals surface area (Å²) in [7, 11) is 1.96. The lowest BCUT2D eigenvalue weighted by atomic mass is 9.76. The molecule has 2 N–H and O–H groups in total. The van der Waals surface area contributed by atoms with Gasteiger partial charge in [0.05, 0.1) is 11.7 Å². The van der Waals surface area contributed by atoms with Crippen LogP contribution in [0.5, 0.6) is 0 Å². The van der Waals surface area contributed by atoms with Gasteiger partial charge >= 0.3 is 0 Å². The Morgan fingerprint density at radius 3 is 2.67 bits per heavy atom. The number of aromatic nitrogens is 2. The van der Waals surface area contributed by atoms with Crippen LogP contribution in [0.2, 0.25) is 0 Å². The molecule has 102 valence electrons. The third-order valence-electron chi connectivity index (χ3n) is 4.44. The minimum Gasteiger partial charge on any atom is -0.322 e. The Labute approximate surface area is 111 Å². The van der Waals surface area contributed by atoms with Gasteiger partial charge in [-0.2, -0.15) is 5.10 Å². The van der Waals surface area contributed by atoms with E-state index >= 15 is 0 Å². The Bertz CT molecular complexity index is 350. The van der Waals surface area contributed by atoms with Crippen molar-refractivity contribution in [3.63, 3.8) is 0 Å². The molecule has 1 aliphatic carbocycles. The smallest absolute Gasteiger partial charge is 0.0794 e. The first-order valence-corrected chi connectivity index (χ1v) is 7.45. The first-order chi connectivity index (χ1) is 8.70. The lowest BCUT2D eigenvalue weighted by Gasteiger charge is -2.31. The van der Waals surface area contributed by atoms with Gasteiger partial charge in [-0.3, -0.25) is 4.68 Å². The van der Waals surface area contributed by atoms with Crippen LogP contribution >= 0.6 is 0 Å². The molecule has 1 fully saturated rings. The van der Waals surface area contributed by atoms with Gasteiger partial charge in [-0.15, -0.1) is 0 Å². The fourth-order valence-corrected chi connectivity index (χ4v) is 3.18. The van der Waals surface area contributed by atoms with Crippen molar-refractivity contribution in [1.82, 2.24) is 9.78 Å². The summed E-state index contributed by atoms with van der Waals surface area (Å²) in [6, 6.07) is 2.20. The van der Waals surface area contributed by atoms with Gasteiger partial charge < -0.3 is 5.73 Å². The first kappa shape index (κ1) is 13.6. The van der Waals surface area contributed by atoms with Crippen LogP contribution in [-0.2, 0) is 7.05 Å². The van der Waals surface area contributed by atoms with Crippen LogP contribution in [0.15, 0.2) is 12.3 Å². The fourth-order valence-electron chi connectivity index (χ4n) is 3.18. The summed E-state index contributed by atoms with van der Waals surface area (Å²) in [4.78, 5) is 0. The Morgan fingerprint density at radius 1 is 1.39 bits per heavy atom. The standard InChI is InChI=1S/C15H27N3/c1-3-4-5-12-6-8-13(9-7-12)15(16)14-10-11-18(2)17-14/h10-13,15H,3-9,16H2,1-2H3. The number of rotatable bonds is 5. The molecular formula is C15H27N3. The highest BCUT2D eigenvalue weighted by molar-refractivity contribution is 5.06. The maximum Gasteiger partial charge on any atom is 0.0794 e. The van der Waals surface area contributed by atoms with E-state index in [9.17, 15) is 0 Å². The largest absolute Gasteiger partial charge is 0.322 e. The average molecular weight is 249 g/mol. The molecule has 1 aliphatic rings. The summed E-state index contributed by atoms with van der Waals surface area (Å²) in [5.41, 5.74) is 7.42. The topological polar surface area (TPSA) is 43.8 Å². The molecular weight excluding hydrogens is 222 g/mol. The van der Waals surface area contributed by atoms with Crippen molar-refractivity contribution in [1.29, 1.82) is 0 Å². The summed E-state index contributed by atoms with van der Waals surface area (Å²) in [6.07, 6.45) is 11.4. The molecule has 1 aromatic rings. The molecule has 0 aliphatic heterocycles. The summed E-state index contributed by atoms with van der Waals surface area (Å²) < 4.78 is 1.85. The van der Waals surface area contributed by atoms with Gasteiger partial charge in [0, 0.05) is 13.2 Å². The molecule has 0 aromatic carbocycles. The Balaban J connectivity index is 1.82. The van der Waals surface area contributed by atoms with Gasteiger partial charge in [0.2, 0.25) is 0 Å². The van der Waals surface area contributed by atoms with E-state index in [1.807, 2.05) is 17.9 Å². The van der Waals surface area contributed by atoms with Crippen molar-refractivity contribution in [2.45, 2.75) is 57.9 Å². The molecule has 0 saturated heterocycles. The lowest BCUT2D eigenvalue weighted by Crippen LogP contribution is -2.26. The number of hydrogen-bond donors (Lipinski definition) is 1. The van der Waals surface area contributed by atoms with E-state index < -0.39 is 0 Å². The highest BCUT2D eigenvalue weighted by Gasteiger charge is 2.27. The van der Waals surface area contributed by atoms with Crippen molar-refractivity contribution in [3.05, 3.63) is 18.0 Å². The second-order valence-electron chi connectivity index (χ2n) is 5.86. The van der Waals surface area contributed by atoms with Crippen LogP contribution in [0.1, 0.15) is 63.6 Å². The molecule has 1 heterocycles. The van der Waals surface area contributed by atoms with Crippen molar-refractivity contribution in [2.75, 3.05) is 0 Å². The van der Waals surface area contributed by atoms with Gasteiger partial charge in [-0.1, -0.05) is 39.0 Å². The number of aryl methyl sites for hydroxylation is 1. The predicted molar refractivity (Wildman–Crippen MR) is 75.1 cm³/mol. The number of nitrogens with two attached hydrogens (primary N) is 1.